The summed E-state index contributed by atoms with van der Waals surface area (Å²) in [6.07, 6.45) is 3.49. The predicted octanol–water partition coefficient (Wildman–Crippen LogP) is 3.05. The number of nitrogens with zero attached hydrogens (tertiary/aromatic N) is 4. The molecule has 5 nitrogen and oxygen atoms in total. The Morgan fingerprint density at radius 3 is 2.87 bits per heavy atom. The minimum Gasteiger partial charge on any atom is -0.337 e. The number of aromatic nitrogens is 2. The third-order valence-corrected chi connectivity index (χ3v) is 5.45. The average Bonchev–Trinajstić information content (AvgIpc) is 2.93. The molecule has 0 N–H and O–H groups in total. The first-order chi connectivity index (χ1) is 11.1. The lowest BCUT2D eigenvalue weighted by Gasteiger charge is -2.31. The molecule has 0 bridgehead atoms. The van der Waals surface area contributed by atoms with E-state index in [1.807, 2.05) is 17.9 Å². The molecule has 0 aliphatic carbocycles. The minimum absolute atomic E-state index is 0.0656. The van der Waals surface area contributed by atoms with E-state index in [9.17, 15) is 4.79 Å². The first-order valence-corrected chi connectivity index (χ1v) is 8.49. The Morgan fingerprint density at radius 1 is 1.43 bits per heavy atom. The largest absolute Gasteiger partial charge is 0.337 e. The summed E-state index contributed by atoms with van der Waals surface area (Å²) in [7, 11) is 0. The van der Waals surface area contributed by atoms with Crippen LogP contribution in [-0.2, 0) is 0 Å². The van der Waals surface area contributed by atoms with Gasteiger partial charge >= 0.3 is 0 Å². The van der Waals surface area contributed by atoms with Crippen molar-refractivity contribution in [3.63, 3.8) is 0 Å². The Labute approximate surface area is 139 Å². The van der Waals surface area contributed by atoms with Crippen LogP contribution in [0.5, 0.6) is 0 Å². The SMILES string of the molecule is Cc1nc(C2CCCN(C(=O)c3ccc(C#N)cn3)C2)sc1C. The summed E-state index contributed by atoms with van der Waals surface area (Å²) < 4.78 is 0. The van der Waals surface area contributed by atoms with Crippen LogP contribution in [-0.4, -0.2) is 33.9 Å². The lowest BCUT2D eigenvalue weighted by molar-refractivity contribution is 0.0701. The van der Waals surface area contributed by atoms with E-state index in [1.165, 1.54) is 11.1 Å². The van der Waals surface area contributed by atoms with Crippen LogP contribution in [0.15, 0.2) is 18.3 Å². The molecule has 0 aromatic carbocycles. The van der Waals surface area contributed by atoms with Gasteiger partial charge in [-0.2, -0.15) is 5.26 Å². The lowest BCUT2D eigenvalue weighted by Crippen LogP contribution is -2.39. The van der Waals surface area contributed by atoms with Crippen molar-refractivity contribution in [2.75, 3.05) is 13.1 Å². The van der Waals surface area contributed by atoms with Gasteiger partial charge in [0.1, 0.15) is 11.8 Å². The fourth-order valence-electron chi connectivity index (χ4n) is 2.78. The van der Waals surface area contributed by atoms with Gasteiger partial charge in [-0.1, -0.05) is 0 Å². The van der Waals surface area contributed by atoms with Gasteiger partial charge in [0.05, 0.1) is 16.3 Å². The molecule has 0 saturated carbocycles. The van der Waals surface area contributed by atoms with E-state index in [2.05, 4.69) is 16.9 Å². The predicted molar refractivity (Wildman–Crippen MR) is 88.4 cm³/mol. The summed E-state index contributed by atoms with van der Waals surface area (Å²) in [5.74, 6) is 0.243. The number of piperidine rings is 1. The van der Waals surface area contributed by atoms with Crippen molar-refractivity contribution in [2.45, 2.75) is 32.6 Å². The molecule has 2 aromatic heterocycles. The van der Waals surface area contributed by atoms with Gasteiger partial charge in [0.25, 0.3) is 5.91 Å². The highest BCUT2D eigenvalue weighted by Gasteiger charge is 2.28. The monoisotopic (exact) mass is 326 g/mol. The van der Waals surface area contributed by atoms with Crippen LogP contribution in [0.3, 0.4) is 0 Å². The molecule has 1 saturated heterocycles. The maximum absolute atomic E-state index is 12.6. The van der Waals surface area contributed by atoms with E-state index in [0.717, 1.165) is 30.1 Å². The molecule has 1 amide bonds. The van der Waals surface area contributed by atoms with E-state index in [4.69, 9.17) is 5.26 Å². The van der Waals surface area contributed by atoms with Gasteiger partial charge < -0.3 is 4.90 Å². The highest BCUT2D eigenvalue weighted by molar-refractivity contribution is 7.11. The molecule has 1 unspecified atom stereocenters. The van der Waals surface area contributed by atoms with E-state index < -0.39 is 0 Å². The fourth-order valence-corrected chi connectivity index (χ4v) is 3.83. The molecule has 0 spiro atoms. The van der Waals surface area contributed by atoms with Crippen molar-refractivity contribution >= 4 is 17.2 Å². The molecule has 1 atom stereocenters. The highest BCUT2D eigenvalue weighted by atomic mass is 32.1. The van der Waals surface area contributed by atoms with Gasteiger partial charge in [-0.3, -0.25) is 4.79 Å². The number of rotatable bonds is 2. The number of hydrogen-bond acceptors (Lipinski definition) is 5. The van der Waals surface area contributed by atoms with Gasteiger partial charge in [0.15, 0.2) is 0 Å². The maximum atomic E-state index is 12.6. The topological polar surface area (TPSA) is 69.9 Å². The summed E-state index contributed by atoms with van der Waals surface area (Å²) in [5, 5.41) is 9.94. The Kier molecular flexibility index (Phi) is 4.39. The number of likely N-dealkylation sites (tertiary alicyclic amines) is 1. The molecule has 3 heterocycles. The highest BCUT2D eigenvalue weighted by Crippen LogP contribution is 2.31. The van der Waals surface area contributed by atoms with E-state index >= 15 is 0 Å². The zero-order chi connectivity index (χ0) is 16.4. The summed E-state index contributed by atoms with van der Waals surface area (Å²) in [4.78, 5) is 24.5. The van der Waals surface area contributed by atoms with Gasteiger partial charge in [-0.05, 0) is 38.8 Å². The second-order valence-electron chi connectivity index (χ2n) is 5.83. The maximum Gasteiger partial charge on any atom is 0.272 e. The minimum atomic E-state index is -0.0656. The van der Waals surface area contributed by atoms with Crippen LogP contribution in [0.2, 0.25) is 0 Å². The van der Waals surface area contributed by atoms with Crippen molar-refractivity contribution < 1.29 is 4.79 Å². The number of thiazole rings is 1. The fraction of sp³-hybridized carbons (Fsp3) is 0.412. The smallest absolute Gasteiger partial charge is 0.272 e. The molecule has 6 heteroatoms. The number of hydrogen-bond donors (Lipinski definition) is 0. The van der Waals surface area contributed by atoms with Gasteiger partial charge in [0, 0.05) is 30.1 Å². The number of nitriles is 1. The summed E-state index contributed by atoms with van der Waals surface area (Å²) in [5.41, 5.74) is 1.95. The third-order valence-electron chi connectivity index (χ3n) is 4.21. The zero-order valence-corrected chi connectivity index (χ0v) is 14.1. The van der Waals surface area contributed by atoms with E-state index in [0.29, 0.717) is 23.7 Å². The van der Waals surface area contributed by atoms with E-state index in [1.54, 1.807) is 23.5 Å². The second-order valence-corrected chi connectivity index (χ2v) is 7.06. The molecule has 1 aliphatic rings. The van der Waals surface area contributed by atoms with Crippen LogP contribution in [0.4, 0.5) is 0 Å². The van der Waals surface area contributed by atoms with Gasteiger partial charge in [-0.15, -0.1) is 11.3 Å². The summed E-state index contributed by atoms with van der Waals surface area (Å²) in [6, 6.07) is 5.28. The first kappa shape index (κ1) is 15.6. The third kappa shape index (κ3) is 3.25. The normalized spacial score (nSPS) is 17.8. The second kappa shape index (κ2) is 6.47. The van der Waals surface area contributed by atoms with Crippen LogP contribution >= 0.6 is 11.3 Å². The number of carbonyl (C=O) groups is 1. The van der Waals surface area contributed by atoms with Gasteiger partial charge in [-0.25, -0.2) is 9.97 Å². The van der Waals surface area contributed by atoms with Crippen molar-refractivity contribution in [3.8, 4) is 6.07 Å². The quantitative estimate of drug-likeness (QED) is 0.850. The number of amides is 1. The Hall–Kier alpha value is -2.26. The molecule has 1 aliphatic heterocycles. The zero-order valence-electron chi connectivity index (χ0n) is 13.2. The molecule has 2 aromatic rings. The van der Waals surface area contributed by atoms with Crippen LogP contribution < -0.4 is 0 Å². The van der Waals surface area contributed by atoms with Crippen molar-refractivity contribution in [2.24, 2.45) is 0 Å². The standard InChI is InChI=1S/C17H18N4OS/c1-11-12(2)23-16(20-11)14-4-3-7-21(10-14)17(22)15-6-5-13(8-18)9-19-15/h5-6,9,14H,3-4,7,10H2,1-2H3. The Balaban J connectivity index is 1.74. The van der Waals surface area contributed by atoms with Crippen LogP contribution in [0.25, 0.3) is 0 Å². The molecule has 0 radical (unpaired) electrons. The molecular weight excluding hydrogens is 308 g/mol. The first-order valence-electron chi connectivity index (χ1n) is 7.68. The van der Waals surface area contributed by atoms with Crippen molar-refractivity contribution in [1.29, 1.82) is 5.26 Å². The number of aryl methyl sites for hydroxylation is 2. The van der Waals surface area contributed by atoms with Crippen LogP contribution in [0, 0.1) is 25.2 Å². The van der Waals surface area contributed by atoms with Gasteiger partial charge in [0.2, 0.25) is 0 Å². The Morgan fingerprint density at radius 2 is 2.26 bits per heavy atom. The van der Waals surface area contributed by atoms with Crippen LogP contribution in [0.1, 0.15) is 50.4 Å². The lowest BCUT2D eigenvalue weighted by atomic mass is 9.98. The summed E-state index contributed by atoms with van der Waals surface area (Å²) >= 11 is 1.73. The number of pyridine rings is 1. The average molecular weight is 326 g/mol. The summed E-state index contributed by atoms with van der Waals surface area (Å²) in [6.45, 7) is 5.55. The molecule has 3 rings (SSSR count). The van der Waals surface area contributed by atoms with E-state index in [-0.39, 0.29) is 5.91 Å². The molecule has 1 fully saturated rings. The Bertz CT molecular complexity index is 740. The molecule has 23 heavy (non-hydrogen) atoms. The van der Waals surface area contributed by atoms with Crippen molar-refractivity contribution in [3.05, 3.63) is 45.2 Å². The van der Waals surface area contributed by atoms with Crippen molar-refractivity contribution in [1.82, 2.24) is 14.9 Å². The number of carbonyl (C=O) groups excluding carboxylic acids is 1. The molecule has 118 valence electrons. The molecular formula is C17H18N4OS.